The van der Waals surface area contributed by atoms with E-state index >= 15 is 0 Å². The molecule has 0 saturated carbocycles. The van der Waals surface area contributed by atoms with Gasteiger partial charge in [-0.25, -0.2) is 0 Å². The Kier molecular flexibility index (Phi) is 2.15. The molecule has 0 spiro atoms. The summed E-state index contributed by atoms with van der Waals surface area (Å²) in [6.07, 6.45) is 2.34. The average molecular weight is 222 g/mol. The monoisotopic (exact) mass is 222 g/mol. The molecule has 0 atom stereocenters. The van der Waals surface area contributed by atoms with E-state index in [1.807, 2.05) is 0 Å². The molecular weight excluding hydrogens is 208 g/mol. The average Bonchev–Trinajstić information content (AvgIpc) is 2.67. The van der Waals surface area contributed by atoms with Crippen LogP contribution in [0.1, 0.15) is 5.56 Å². The molecule has 0 unspecified atom stereocenters. The summed E-state index contributed by atoms with van der Waals surface area (Å²) in [6, 6.07) is 15.4. The molecule has 3 rings (SSSR count). The van der Waals surface area contributed by atoms with E-state index < -0.39 is 0 Å². The summed E-state index contributed by atoms with van der Waals surface area (Å²) < 4.78 is 0. The maximum atomic E-state index is 2.36. The smallest absolute Gasteiger partial charge is 0.0136 e. The van der Waals surface area contributed by atoms with Crippen LogP contribution < -0.4 is 5.22 Å². The van der Waals surface area contributed by atoms with Gasteiger partial charge in [0.15, 0.2) is 0 Å². The lowest BCUT2D eigenvalue weighted by atomic mass is 10.1. The first-order valence-electron chi connectivity index (χ1n) is 5.65. The molecule has 16 heavy (non-hydrogen) atoms. The van der Waals surface area contributed by atoms with Gasteiger partial charge in [-0.3, -0.25) is 0 Å². The molecule has 0 heterocycles. The first kappa shape index (κ1) is 9.73. The van der Waals surface area contributed by atoms with Gasteiger partial charge in [-0.2, -0.15) is 0 Å². The zero-order valence-electron chi connectivity index (χ0n) is 9.62. The van der Waals surface area contributed by atoms with E-state index in [9.17, 15) is 0 Å². The second-order valence-electron chi connectivity index (χ2n) is 4.50. The minimum Gasteiger partial charge on any atom is -0.0616 e. The Morgan fingerprint density at radius 2 is 1.56 bits per heavy atom. The van der Waals surface area contributed by atoms with E-state index in [1.54, 1.807) is 4.81 Å². The summed E-state index contributed by atoms with van der Waals surface area (Å²) in [7, 11) is -0.384. The van der Waals surface area contributed by atoms with Crippen molar-refractivity contribution < 1.29 is 0 Å². The molecule has 0 saturated heterocycles. The van der Waals surface area contributed by atoms with Gasteiger partial charge >= 0.3 is 0 Å². The molecule has 2 aromatic carbocycles. The molecule has 0 N–H and O–H groups in total. The van der Waals surface area contributed by atoms with Crippen molar-refractivity contribution in [3.05, 3.63) is 58.1 Å². The Morgan fingerprint density at radius 3 is 2.38 bits per heavy atom. The van der Waals surface area contributed by atoms with Crippen LogP contribution in [-0.2, 0) is 0 Å². The van der Waals surface area contributed by atoms with Gasteiger partial charge in [0.25, 0.3) is 0 Å². The van der Waals surface area contributed by atoms with Crippen molar-refractivity contribution in [3.8, 4) is 11.1 Å². The number of benzene rings is 2. The van der Waals surface area contributed by atoms with Crippen LogP contribution in [-0.4, -0.2) is 8.41 Å². The fourth-order valence-corrected chi connectivity index (χ4v) is 3.59. The van der Waals surface area contributed by atoms with E-state index in [0.29, 0.717) is 0 Å². The van der Waals surface area contributed by atoms with Gasteiger partial charge in [-0.1, -0.05) is 55.6 Å². The number of rotatable bonds is 0. The van der Waals surface area contributed by atoms with Crippen molar-refractivity contribution >= 4 is 14.5 Å². The van der Waals surface area contributed by atoms with Crippen LogP contribution in [0.15, 0.2) is 42.5 Å². The zero-order valence-corrected chi connectivity index (χ0v) is 10.6. The Hall–Kier alpha value is -1.47. The highest BCUT2D eigenvalue weighted by molar-refractivity contribution is 6.47. The molecule has 78 valence electrons. The minimum absolute atomic E-state index is 0.384. The van der Waals surface area contributed by atoms with Gasteiger partial charge in [0.05, 0.1) is 0 Å². The van der Waals surface area contributed by atoms with Gasteiger partial charge in [0.2, 0.25) is 0 Å². The third-order valence-electron chi connectivity index (χ3n) is 3.20. The van der Waals surface area contributed by atoms with Gasteiger partial charge in [0, 0.05) is 8.41 Å². The van der Waals surface area contributed by atoms with Crippen molar-refractivity contribution in [2.45, 2.75) is 13.1 Å². The molecule has 0 amide bonds. The van der Waals surface area contributed by atoms with Gasteiger partial charge in [-0.05, 0) is 32.8 Å². The van der Waals surface area contributed by atoms with Crippen LogP contribution in [0.2, 0.25) is 13.1 Å². The molecule has 0 nitrogen and oxygen atoms in total. The highest BCUT2D eigenvalue weighted by Gasteiger charge is 2.10. The zero-order chi connectivity index (χ0) is 11.1. The van der Waals surface area contributed by atoms with E-state index in [0.717, 1.165) is 0 Å². The maximum absolute atomic E-state index is 2.36. The molecule has 2 aromatic rings. The van der Waals surface area contributed by atoms with Crippen molar-refractivity contribution in [1.82, 2.24) is 0 Å². The van der Waals surface area contributed by atoms with E-state index in [-0.39, 0.29) is 8.41 Å². The highest BCUT2D eigenvalue weighted by atomic mass is 28.2. The topological polar surface area (TPSA) is 0 Å². The second kappa shape index (κ2) is 3.53. The van der Waals surface area contributed by atoms with Crippen LogP contribution >= 0.6 is 0 Å². The lowest BCUT2D eigenvalue weighted by Crippen LogP contribution is -2.08. The first-order chi connectivity index (χ1) is 7.77. The second-order valence-corrected chi connectivity index (χ2v) is 7.04. The lowest BCUT2D eigenvalue weighted by Gasteiger charge is -2.00. The SMILES string of the molecule is C[Si](C)=c1cccc2c1=Cc1ccccc1-2. The molecule has 0 aliphatic heterocycles. The van der Waals surface area contributed by atoms with Crippen LogP contribution in [0.3, 0.4) is 0 Å². The standard InChI is InChI=1S/C15H14Si/c1-16(2)15-9-5-8-13-12-7-4-3-6-11(12)10-14(13)15/h3-10H,1-2H3. The Labute approximate surface area is 97.1 Å². The number of fused-ring (bicyclic) bond motifs is 3. The summed E-state index contributed by atoms with van der Waals surface area (Å²) >= 11 is 0. The van der Waals surface area contributed by atoms with Crippen molar-refractivity contribution in [2.24, 2.45) is 0 Å². The molecule has 0 fully saturated rings. The van der Waals surface area contributed by atoms with Crippen LogP contribution in [0.5, 0.6) is 0 Å². The van der Waals surface area contributed by atoms with Crippen LogP contribution in [0.25, 0.3) is 17.2 Å². The molecule has 1 heteroatoms. The summed E-state index contributed by atoms with van der Waals surface area (Å²) in [4.78, 5) is 1.55. The fourth-order valence-electron chi connectivity index (χ4n) is 2.42. The van der Waals surface area contributed by atoms with Crippen LogP contribution in [0.4, 0.5) is 0 Å². The van der Waals surface area contributed by atoms with Gasteiger partial charge in [0.1, 0.15) is 0 Å². The Morgan fingerprint density at radius 1 is 0.812 bits per heavy atom. The predicted molar refractivity (Wildman–Crippen MR) is 71.4 cm³/mol. The predicted octanol–water partition coefficient (Wildman–Crippen LogP) is 3.08. The lowest BCUT2D eigenvalue weighted by molar-refractivity contribution is 1.56. The third-order valence-corrected chi connectivity index (χ3v) is 4.71. The quantitative estimate of drug-likeness (QED) is 0.513. The number of hydrogen-bond acceptors (Lipinski definition) is 0. The van der Waals surface area contributed by atoms with Crippen LogP contribution in [0, 0.1) is 4.81 Å². The fraction of sp³-hybridized carbons (Fsp3) is 0.133. The molecule has 1 aliphatic carbocycles. The Balaban J connectivity index is 2.49. The minimum atomic E-state index is -0.384. The van der Waals surface area contributed by atoms with E-state index in [2.05, 4.69) is 61.6 Å². The first-order valence-corrected chi connectivity index (χ1v) is 8.15. The Bertz CT molecular complexity index is 677. The van der Waals surface area contributed by atoms with Gasteiger partial charge < -0.3 is 0 Å². The molecular formula is C15H14Si. The highest BCUT2D eigenvalue weighted by Crippen LogP contribution is 2.25. The van der Waals surface area contributed by atoms with E-state index in [1.165, 1.54) is 21.9 Å². The molecule has 0 radical (unpaired) electrons. The molecule has 0 bridgehead atoms. The van der Waals surface area contributed by atoms with Crippen molar-refractivity contribution in [1.29, 1.82) is 0 Å². The maximum Gasteiger partial charge on any atom is 0.0136 e. The summed E-state index contributed by atoms with van der Waals surface area (Å²) in [6.45, 7) is 4.72. The summed E-state index contributed by atoms with van der Waals surface area (Å²) in [5, 5.41) is 1.46. The normalized spacial score (nSPS) is 11.6. The van der Waals surface area contributed by atoms with Crippen molar-refractivity contribution in [2.75, 3.05) is 0 Å². The number of hydrogen-bond donors (Lipinski definition) is 0. The van der Waals surface area contributed by atoms with Crippen molar-refractivity contribution in [3.63, 3.8) is 0 Å². The van der Waals surface area contributed by atoms with Gasteiger partial charge in [-0.15, -0.1) is 0 Å². The largest absolute Gasteiger partial charge is 0.0616 e. The summed E-state index contributed by atoms with van der Waals surface area (Å²) in [5.41, 5.74) is 4.18. The third kappa shape index (κ3) is 1.32. The molecule has 0 aromatic heterocycles. The molecule has 1 aliphatic rings. The summed E-state index contributed by atoms with van der Waals surface area (Å²) in [5.74, 6) is 0. The van der Waals surface area contributed by atoms with E-state index in [4.69, 9.17) is 0 Å².